The molecule has 2 aromatic heterocycles. The van der Waals surface area contributed by atoms with Gasteiger partial charge < -0.3 is 14.7 Å². The standard InChI is InChI=1S/C19H25N3O4S2/c1-11-20-18(28-21-11)26-13-7-5-12(6-8-13)22(10-23)14-9-15(19(2,3)4)27-16(14)17(24)25/h9-10,12-13H,5-8H2,1-4H3,(H,24,25)/t12-,13-. The monoisotopic (exact) mass is 423 g/mol. The maximum Gasteiger partial charge on any atom is 0.348 e. The second-order valence-electron chi connectivity index (χ2n) is 8.05. The zero-order valence-electron chi connectivity index (χ0n) is 16.5. The Kier molecular flexibility index (Phi) is 6.04. The van der Waals surface area contributed by atoms with E-state index in [9.17, 15) is 14.7 Å². The van der Waals surface area contributed by atoms with Gasteiger partial charge >= 0.3 is 5.97 Å². The zero-order chi connectivity index (χ0) is 20.5. The topological polar surface area (TPSA) is 92.6 Å². The van der Waals surface area contributed by atoms with E-state index in [0.29, 0.717) is 16.7 Å². The summed E-state index contributed by atoms with van der Waals surface area (Å²) in [6, 6.07) is 1.82. The number of thiophene rings is 1. The van der Waals surface area contributed by atoms with E-state index >= 15 is 0 Å². The fourth-order valence-corrected chi connectivity index (χ4v) is 5.00. The van der Waals surface area contributed by atoms with Gasteiger partial charge in [-0.05, 0) is 44.1 Å². The molecule has 0 aliphatic heterocycles. The molecular formula is C19H25N3O4S2. The minimum Gasteiger partial charge on any atom is -0.477 e. The van der Waals surface area contributed by atoms with Crippen LogP contribution < -0.4 is 9.64 Å². The number of aromatic carboxylic acids is 1. The number of hydrogen-bond donors (Lipinski definition) is 1. The lowest BCUT2D eigenvalue weighted by molar-refractivity contribution is -0.108. The van der Waals surface area contributed by atoms with Crippen molar-refractivity contribution >= 4 is 40.9 Å². The molecule has 0 spiro atoms. The lowest BCUT2D eigenvalue weighted by Crippen LogP contribution is -2.40. The molecule has 9 heteroatoms. The minimum atomic E-state index is -0.994. The normalized spacial score (nSPS) is 20.0. The number of ether oxygens (including phenoxy) is 1. The zero-order valence-corrected chi connectivity index (χ0v) is 18.1. The van der Waals surface area contributed by atoms with Gasteiger partial charge in [0.25, 0.3) is 5.19 Å². The Balaban J connectivity index is 1.73. The molecule has 28 heavy (non-hydrogen) atoms. The quantitative estimate of drug-likeness (QED) is 0.698. The first kappa shape index (κ1) is 20.7. The van der Waals surface area contributed by atoms with Crippen molar-refractivity contribution in [3.8, 4) is 5.19 Å². The average Bonchev–Trinajstić information content (AvgIpc) is 3.24. The summed E-state index contributed by atoms with van der Waals surface area (Å²) in [7, 11) is 0. The number of carbonyl (C=O) groups excluding carboxylic acids is 1. The molecule has 1 aliphatic rings. The third kappa shape index (κ3) is 4.52. The highest BCUT2D eigenvalue weighted by atomic mass is 32.1. The van der Waals surface area contributed by atoms with Crippen LogP contribution in [0.2, 0.25) is 0 Å². The second kappa shape index (κ2) is 8.16. The molecule has 0 aromatic carbocycles. The number of anilines is 1. The summed E-state index contributed by atoms with van der Waals surface area (Å²) in [5.74, 6) is -0.292. The number of hydrogen-bond acceptors (Lipinski definition) is 7. The Labute approximate surface area is 172 Å². The van der Waals surface area contributed by atoms with Crippen molar-refractivity contribution in [1.29, 1.82) is 0 Å². The molecule has 1 N–H and O–H groups in total. The summed E-state index contributed by atoms with van der Waals surface area (Å²) in [4.78, 5) is 30.7. The minimum absolute atomic E-state index is 0.0333. The maximum atomic E-state index is 11.9. The third-order valence-corrected chi connectivity index (χ3v) is 7.09. The lowest BCUT2D eigenvalue weighted by atomic mass is 9.91. The Morgan fingerprint density at radius 3 is 2.50 bits per heavy atom. The van der Waals surface area contributed by atoms with Gasteiger partial charge in [-0.25, -0.2) is 4.79 Å². The Bertz CT molecular complexity index is 848. The van der Waals surface area contributed by atoms with Crippen LogP contribution in [-0.2, 0) is 10.2 Å². The maximum absolute atomic E-state index is 11.9. The van der Waals surface area contributed by atoms with E-state index < -0.39 is 5.97 Å². The summed E-state index contributed by atoms with van der Waals surface area (Å²) in [6.07, 6.45) is 3.88. The van der Waals surface area contributed by atoms with Crippen molar-refractivity contribution in [2.45, 2.75) is 70.9 Å². The van der Waals surface area contributed by atoms with Gasteiger partial charge in [-0.3, -0.25) is 4.79 Å². The summed E-state index contributed by atoms with van der Waals surface area (Å²) in [6.45, 7) is 7.95. The van der Waals surface area contributed by atoms with Crippen molar-refractivity contribution in [2.24, 2.45) is 0 Å². The molecule has 7 nitrogen and oxygen atoms in total. The highest BCUT2D eigenvalue weighted by molar-refractivity contribution is 7.14. The van der Waals surface area contributed by atoms with Crippen molar-refractivity contribution in [3.63, 3.8) is 0 Å². The van der Waals surface area contributed by atoms with E-state index in [-0.39, 0.29) is 22.4 Å². The second-order valence-corrected chi connectivity index (χ2v) is 9.82. The van der Waals surface area contributed by atoms with Crippen LogP contribution in [0.1, 0.15) is 66.8 Å². The van der Waals surface area contributed by atoms with Gasteiger partial charge in [-0.15, -0.1) is 11.3 Å². The number of aryl methyl sites for hydroxylation is 1. The van der Waals surface area contributed by atoms with Gasteiger partial charge in [0.15, 0.2) is 0 Å². The molecule has 0 saturated heterocycles. The van der Waals surface area contributed by atoms with Crippen LogP contribution in [0.3, 0.4) is 0 Å². The van der Waals surface area contributed by atoms with E-state index in [4.69, 9.17) is 4.74 Å². The molecule has 0 bridgehead atoms. The van der Waals surface area contributed by atoms with Crippen LogP contribution >= 0.6 is 22.9 Å². The Hall–Kier alpha value is -2.00. The molecule has 1 fully saturated rings. The molecule has 1 saturated carbocycles. The van der Waals surface area contributed by atoms with Gasteiger partial charge in [0.2, 0.25) is 6.41 Å². The van der Waals surface area contributed by atoms with E-state index in [1.165, 1.54) is 22.9 Å². The van der Waals surface area contributed by atoms with Crippen LogP contribution in [0.15, 0.2) is 6.07 Å². The van der Waals surface area contributed by atoms with Crippen LogP contribution in [0.5, 0.6) is 5.19 Å². The van der Waals surface area contributed by atoms with Crippen LogP contribution in [0.4, 0.5) is 5.69 Å². The molecule has 2 aromatic rings. The molecule has 1 amide bonds. The van der Waals surface area contributed by atoms with E-state index in [1.54, 1.807) is 4.90 Å². The number of carboxylic acid groups (broad SMARTS) is 1. The van der Waals surface area contributed by atoms with E-state index in [1.807, 2.05) is 33.8 Å². The molecule has 2 heterocycles. The van der Waals surface area contributed by atoms with Gasteiger partial charge in [0, 0.05) is 22.5 Å². The van der Waals surface area contributed by atoms with E-state index in [0.717, 1.165) is 37.0 Å². The average molecular weight is 424 g/mol. The summed E-state index contributed by atoms with van der Waals surface area (Å²) in [5.41, 5.74) is 0.328. The first-order valence-corrected chi connectivity index (χ1v) is 10.9. The molecule has 0 unspecified atom stereocenters. The molecule has 3 rings (SSSR count). The van der Waals surface area contributed by atoms with E-state index in [2.05, 4.69) is 9.36 Å². The highest BCUT2D eigenvalue weighted by Crippen LogP contribution is 2.39. The van der Waals surface area contributed by atoms with Crippen molar-refractivity contribution in [3.05, 3.63) is 21.6 Å². The predicted molar refractivity (Wildman–Crippen MR) is 110 cm³/mol. The summed E-state index contributed by atoms with van der Waals surface area (Å²) >= 11 is 2.50. The van der Waals surface area contributed by atoms with Gasteiger partial charge in [0.05, 0.1) is 5.69 Å². The largest absolute Gasteiger partial charge is 0.477 e. The molecular weight excluding hydrogens is 398 g/mol. The Morgan fingerprint density at radius 1 is 1.32 bits per heavy atom. The lowest BCUT2D eigenvalue weighted by Gasteiger charge is -2.34. The molecule has 0 radical (unpaired) electrons. The summed E-state index contributed by atoms with van der Waals surface area (Å²) in [5, 5.41) is 10.2. The van der Waals surface area contributed by atoms with Crippen LogP contribution in [-0.4, -0.2) is 39.0 Å². The number of nitrogens with zero attached hydrogens (tertiary/aromatic N) is 3. The van der Waals surface area contributed by atoms with Gasteiger partial charge in [-0.2, -0.15) is 9.36 Å². The van der Waals surface area contributed by atoms with Gasteiger partial charge in [0.1, 0.15) is 16.8 Å². The number of amides is 1. The van der Waals surface area contributed by atoms with Crippen molar-refractivity contribution in [2.75, 3.05) is 4.90 Å². The number of aromatic nitrogens is 2. The predicted octanol–water partition coefficient (Wildman–Crippen LogP) is 4.26. The fraction of sp³-hybridized carbons (Fsp3) is 0.579. The van der Waals surface area contributed by atoms with Crippen LogP contribution in [0, 0.1) is 6.92 Å². The Morgan fingerprint density at radius 2 is 2.00 bits per heavy atom. The SMILES string of the molecule is Cc1nsc(O[C@H]2CC[C@H](N(C=O)c3cc(C(C)(C)C)sc3C(=O)O)CC2)n1. The first-order chi connectivity index (χ1) is 13.2. The smallest absolute Gasteiger partial charge is 0.348 e. The van der Waals surface area contributed by atoms with Crippen molar-refractivity contribution in [1.82, 2.24) is 9.36 Å². The molecule has 0 atom stereocenters. The first-order valence-electron chi connectivity index (χ1n) is 9.27. The van der Waals surface area contributed by atoms with Gasteiger partial charge in [-0.1, -0.05) is 20.8 Å². The molecule has 152 valence electrons. The van der Waals surface area contributed by atoms with Crippen LogP contribution in [0.25, 0.3) is 0 Å². The number of carbonyl (C=O) groups is 2. The molecule has 1 aliphatic carbocycles. The van der Waals surface area contributed by atoms with Crippen molar-refractivity contribution < 1.29 is 19.4 Å². The number of carboxylic acids is 1. The third-order valence-electron chi connectivity index (χ3n) is 4.85. The number of rotatable bonds is 6. The highest BCUT2D eigenvalue weighted by Gasteiger charge is 2.32. The fourth-order valence-electron chi connectivity index (χ4n) is 3.35. The summed E-state index contributed by atoms with van der Waals surface area (Å²) < 4.78 is 10.0.